The van der Waals surface area contributed by atoms with E-state index >= 15 is 0 Å². The number of H-pyrrole nitrogens is 1. The molecule has 1 aromatic heterocycles. The van der Waals surface area contributed by atoms with Crippen molar-refractivity contribution in [1.82, 2.24) is 10.5 Å². The SMILES string of the molecule is O=C(NOC1CCCC1)c1cc2ccccc2[nH]1. The van der Waals surface area contributed by atoms with E-state index in [1.165, 1.54) is 12.8 Å². The molecule has 1 fully saturated rings. The van der Waals surface area contributed by atoms with Crippen molar-refractivity contribution in [2.24, 2.45) is 0 Å². The molecule has 2 N–H and O–H groups in total. The maximum atomic E-state index is 11.9. The van der Waals surface area contributed by atoms with Crippen LogP contribution in [0, 0.1) is 0 Å². The van der Waals surface area contributed by atoms with Crippen LogP contribution < -0.4 is 5.48 Å². The Labute approximate surface area is 105 Å². The monoisotopic (exact) mass is 244 g/mol. The maximum absolute atomic E-state index is 11.9. The van der Waals surface area contributed by atoms with E-state index in [1.807, 2.05) is 30.3 Å². The highest BCUT2D eigenvalue weighted by atomic mass is 16.7. The van der Waals surface area contributed by atoms with E-state index in [4.69, 9.17) is 4.84 Å². The van der Waals surface area contributed by atoms with Gasteiger partial charge in [0.1, 0.15) is 5.69 Å². The molecule has 0 radical (unpaired) electrons. The fourth-order valence-corrected chi connectivity index (χ4v) is 2.39. The van der Waals surface area contributed by atoms with Crippen LogP contribution in [0.5, 0.6) is 0 Å². The molecule has 1 aliphatic carbocycles. The van der Waals surface area contributed by atoms with Gasteiger partial charge in [-0.1, -0.05) is 31.0 Å². The zero-order valence-corrected chi connectivity index (χ0v) is 10.1. The Morgan fingerprint density at radius 2 is 2.06 bits per heavy atom. The lowest BCUT2D eigenvalue weighted by Gasteiger charge is -2.10. The first kappa shape index (κ1) is 11.3. The molecule has 18 heavy (non-hydrogen) atoms. The summed E-state index contributed by atoms with van der Waals surface area (Å²) in [5.41, 5.74) is 4.03. The van der Waals surface area contributed by atoms with Crippen molar-refractivity contribution in [3.8, 4) is 0 Å². The van der Waals surface area contributed by atoms with Gasteiger partial charge < -0.3 is 4.98 Å². The Hall–Kier alpha value is -1.81. The van der Waals surface area contributed by atoms with Gasteiger partial charge in [0, 0.05) is 10.9 Å². The van der Waals surface area contributed by atoms with E-state index in [1.54, 1.807) is 0 Å². The number of hydrogen-bond donors (Lipinski definition) is 2. The molecule has 0 atom stereocenters. The highest BCUT2D eigenvalue weighted by Crippen LogP contribution is 2.20. The first-order valence-corrected chi connectivity index (χ1v) is 6.37. The second-order valence-corrected chi connectivity index (χ2v) is 4.73. The van der Waals surface area contributed by atoms with Crippen molar-refractivity contribution < 1.29 is 9.63 Å². The van der Waals surface area contributed by atoms with Crippen LogP contribution in [0.4, 0.5) is 0 Å². The number of hydrogen-bond acceptors (Lipinski definition) is 2. The first-order chi connectivity index (χ1) is 8.83. The number of para-hydroxylation sites is 1. The lowest BCUT2D eigenvalue weighted by molar-refractivity contribution is -0.0127. The second-order valence-electron chi connectivity index (χ2n) is 4.73. The summed E-state index contributed by atoms with van der Waals surface area (Å²) in [5.74, 6) is -0.210. The van der Waals surface area contributed by atoms with Crippen molar-refractivity contribution in [2.45, 2.75) is 31.8 Å². The van der Waals surface area contributed by atoms with Crippen molar-refractivity contribution in [3.05, 3.63) is 36.0 Å². The Morgan fingerprint density at radius 1 is 1.28 bits per heavy atom. The summed E-state index contributed by atoms with van der Waals surface area (Å²) in [6, 6.07) is 9.65. The van der Waals surface area contributed by atoms with E-state index in [0.29, 0.717) is 5.69 Å². The summed E-state index contributed by atoms with van der Waals surface area (Å²) in [7, 11) is 0. The highest BCUT2D eigenvalue weighted by Gasteiger charge is 2.17. The van der Waals surface area contributed by atoms with E-state index in [0.717, 1.165) is 23.7 Å². The summed E-state index contributed by atoms with van der Waals surface area (Å²) >= 11 is 0. The van der Waals surface area contributed by atoms with Crippen LogP contribution >= 0.6 is 0 Å². The molecule has 1 saturated carbocycles. The topological polar surface area (TPSA) is 54.1 Å². The number of carbonyl (C=O) groups is 1. The molecular formula is C14H16N2O2. The molecule has 1 aromatic carbocycles. The predicted octanol–water partition coefficient (Wildman–Crippen LogP) is 2.77. The minimum Gasteiger partial charge on any atom is -0.350 e. The summed E-state index contributed by atoms with van der Waals surface area (Å²) in [4.78, 5) is 20.4. The van der Waals surface area contributed by atoms with Gasteiger partial charge in [0.2, 0.25) is 0 Å². The Bertz CT molecular complexity index is 523. The number of nitrogens with one attached hydrogen (secondary N) is 2. The van der Waals surface area contributed by atoms with Crippen LogP contribution in [0.2, 0.25) is 0 Å². The van der Waals surface area contributed by atoms with Crippen LogP contribution in [0.15, 0.2) is 30.3 Å². The summed E-state index contributed by atoms with van der Waals surface area (Å²) in [6.07, 6.45) is 4.62. The molecule has 4 nitrogen and oxygen atoms in total. The maximum Gasteiger partial charge on any atom is 0.291 e. The van der Waals surface area contributed by atoms with E-state index in [2.05, 4.69) is 10.5 Å². The lowest BCUT2D eigenvalue weighted by Crippen LogP contribution is -2.28. The van der Waals surface area contributed by atoms with Gasteiger partial charge in [0.25, 0.3) is 5.91 Å². The number of carbonyl (C=O) groups excluding carboxylic acids is 1. The highest BCUT2D eigenvalue weighted by molar-refractivity contribution is 5.97. The molecule has 0 aliphatic heterocycles. The van der Waals surface area contributed by atoms with Crippen LogP contribution in [0.3, 0.4) is 0 Å². The number of rotatable bonds is 3. The van der Waals surface area contributed by atoms with E-state index in [-0.39, 0.29) is 12.0 Å². The van der Waals surface area contributed by atoms with Gasteiger partial charge in [-0.15, -0.1) is 0 Å². The van der Waals surface area contributed by atoms with Crippen molar-refractivity contribution in [2.75, 3.05) is 0 Å². The number of hydroxylamine groups is 1. The average Bonchev–Trinajstić information content (AvgIpc) is 3.04. The smallest absolute Gasteiger partial charge is 0.291 e. The van der Waals surface area contributed by atoms with Crippen LogP contribution in [-0.4, -0.2) is 17.0 Å². The molecule has 1 aliphatic rings. The molecule has 1 amide bonds. The van der Waals surface area contributed by atoms with E-state index in [9.17, 15) is 4.79 Å². The lowest BCUT2D eigenvalue weighted by atomic mass is 10.2. The minimum absolute atomic E-state index is 0.179. The van der Waals surface area contributed by atoms with Crippen LogP contribution in [0.25, 0.3) is 10.9 Å². The molecule has 4 heteroatoms. The molecule has 0 bridgehead atoms. The number of aromatic nitrogens is 1. The Kier molecular flexibility index (Phi) is 3.02. The Balaban J connectivity index is 1.67. The van der Waals surface area contributed by atoms with Crippen LogP contribution in [0.1, 0.15) is 36.2 Å². The first-order valence-electron chi connectivity index (χ1n) is 6.37. The van der Waals surface area contributed by atoms with Crippen LogP contribution in [-0.2, 0) is 4.84 Å². The predicted molar refractivity (Wildman–Crippen MR) is 69.1 cm³/mol. The molecule has 3 rings (SSSR count). The fourth-order valence-electron chi connectivity index (χ4n) is 2.39. The van der Waals surface area contributed by atoms with Gasteiger partial charge in [-0.25, -0.2) is 5.48 Å². The van der Waals surface area contributed by atoms with Gasteiger partial charge >= 0.3 is 0 Å². The molecule has 0 spiro atoms. The third-order valence-electron chi connectivity index (χ3n) is 3.40. The van der Waals surface area contributed by atoms with Crippen molar-refractivity contribution in [3.63, 3.8) is 0 Å². The molecule has 0 saturated heterocycles. The molecule has 0 unspecified atom stereocenters. The average molecular weight is 244 g/mol. The third kappa shape index (κ3) is 2.24. The third-order valence-corrected chi connectivity index (χ3v) is 3.40. The normalized spacial score (nSPS) is 16.2. The number of benzene rings is 1. The number of amides is 1. The molecule has 94 valence electrons. The zero-order valence-electron chi connectivity index (χ0n) is 10.1. The van der Waals surface area contributed by atoms with Crippen molar-refractivity contribution in [1.29, 1.82) is 0 Å². The minimum atomic E-state index is -0.210. The molecule has 2 aromatic rings. The summed E-state index contributed by atoms with van der Waals surface area (Å²) in [6.45, 7) is 0. The zero-order chi connectivity index (χ0) is 12.4. The quantitative estimate of drug-likeness (QED) is 0.816. The number of aromatic amines is 1. The second kappa shape index (κ2) is 4.82. The van der Waals surface area contributed by atoms with Gasteiger partial charge in [-0.2, -0.15) is 0 Å². The Morgan fingerprint density at radius 3 is 2.83 bits per heavy atom. The molecular weight excluding hydrogens is 228 g/mol. The fraction of sp³-hybridized carbons (Fsp3) is 0.357. The van der Waals surface area contributed by atoms with Gasteiger partial charge in [0.05, 0.1) is 6.10 Å². The number of fused-ring (bicyclic) bond motifs is 1. The van der Waals surface area contributed by atoms with Gasteiger partial charge in [-0.3, -0.25) is 9.63 Å². The van der Waals surface area contributed by atoms with Gasteiger partial charge in [0.15, 0.2) is 0 Å². The summed E-state index contributed by atoms with van der Waals surface area (Å²) < 4.78 is 0. The van der Waals surface area contributed by atoms with Gasteiger partial charge in [-0.05, 0) is 25.0 Å². The van der Waals surface area contributed by atoms with Crippen molar-refractivity contribution >= 4 is 16.8 Å². The standard InChI is InChI=1S/C14H16N2O2/c17-14(16-18-11-6-2-3-7-11)13-9-10-5-1-4-8-12(10)15-13/h1,4-5,8-9,11,15H,2-3,6-7H2,(H,16,17). The van der Waals surface area contributed by atoms with E-state index < -0.39 is 0 Å². The summed E-state index contributed by atoms with van der Waals surface area (Å²) in [5, 5.41) is 1.03. The molecule has 1 heterocycles. The largest absolute Gasteiger partial charge is 0.350 e.